The minimum atomic E-state index is -4.04. The molecule has 0 N–H and O–H groups in total. The quantitative estimate of drug-likeness (QED) is 0.183. The van der Waals surface area contributed by atoms with Gasteiger partial charge in [-0.1, -0.05) is 135 Å². The molecule has 2 aromatic heterocycles. The summed E-state index contributed by atoms with van der Waals surface area (Å²) in [7, 11) is 0. The molecule has 0 radical (unpaired) electrons. The summed E-state index contributed by atoms with van der Waals surface area (Å²) in [6.07, 6.45) is 0. The lowest BCUT2D eigenvalue weighted by molar-refractivity contribution is 0.660. The van der Waals surface area contributed by atoms with Crippen molar-refractivity contribution in [2.45, 2.75) is 19.1 Å². The summed E-state index contributed by atoms with van der Waals surface area (Å²) in [5, 5.41) is -4.71. The molecule has 8 aromatic carbocycles. The monoisotopic (exact) mass is 700 g/mol. The Hall–Kier alpha value is -6.58. The number of benzene rings is 8. The highest BCUT2D eigenvalue weighted by Gasteiger charge is 2.36. The lowest BCUT2D eigenvalue weighted by Gasteiger charge is -2.29. The molecule has 0 atom stereocenters. The van der Waals surface area contributed by atoms with Crippen LogP contribution in [-0.2, 0) is 5.41 Å². The maximum Gasteiger partial charge on any atom is 0.159 e. The summed E-state index contributed by atoms with van der Waals surface area (Å²) >= 11 is 0. The fourth-order valence-corrected chi connectivity index (χ4v) is 6.40. The van der Waals surface area contributed by atoms with Crippen LogP contribution in [0.15, 0.2) is 172 Å². The van der Waals surface area contributed by atoms with Gasteiger partial charge < -0.3 is 13.7 Å². The van der Waals surface area contributed by atoms with Gasteiger partial charge in [0.05, 0.1) is 48.4 Å². The first-order valence-electron chi connectivity index (χ1n) is 31.7. The van der Waals surface area contributed by atoms with E-state index in [0.717, 1.165) is 0 Å². The lowest BCUT2D eigenvalue weighted by atomic mass is 9.82. The second kappa shape index (κ2) is 10.7. The van der Waals surface area contributed by atoms with Gasteiger partial charge in [-0.3, -0.25) is 0 Å². The molecule has 0 saturated heterocycles. The average molecular weight is 701 g/mol. The zero-order valence-corrected chi connectivity index (χ0v) is 25.8. The van der Waals surface area contributed by atoms with Crippen molar-refractivity contribution >= 4 is 71.7 Å². The molecular weight excluding hydrogens is 635 g/mol. The van der Waals surface area contributed by atoms with Crippen molar-refractivity contribution in [1.29, 1.82) is 0 Å². The molecule has 246 valence electrons. The van der Waals surface area contributed by atoms with E-state index in [0.29, 0.717) is 4.90 Å². The van der Waals surface area contributed by atoms with Gasteiger partial charge in [0.2, 0.25) is 0 Å². The van der Waals surface area contributed by atoms with Crippen LogP contribution in [0.2, 0.25) is 0 Å². The van der Waals surface area contributed by atoms with Crippen LogP contribution >= 0.6 is 0 Å². The summed E-state index contributed by atoms with van der Waals surface area (Å²) in [5.74, 6) is 0. The van der Waals surface area contributed by atoms with Crippen LogP contribution in [-0.4, -0.2) is 0 Å². The molecule has 0 saturated carbocycles. The van der Waals surface area contributed by atoms with Crippen molar-refractivity contribution in [3.63, 3.8) is 0 Å². The number of hydrogen-bond donors (Lipinski definition) is 0. The highest BCUT2D eigenvalue weighted by molar-refractivity contribution is 6.21. The van der Waals surface area contributed by atoms with Gasteiger partial charge in [-0.2, -0.15) is 0 Å². The normalized spacial score (nSPS) is 22.8. The van der Waals surface area contributed by atoms with E-state index in [1.54, 1.807) is 0 Å². The first-order valence-corrected chi connectivity index (χ1v) is 15.2. The predicted octanol–water partition coefficient (Wildman–Crippen LogP) is 14.1. The molecule has 3 nitrogen and oxygen atoms in total. The van der Waals surface area contributed by atoms with Crippen LogP contribution in [0.5, 0.6) is 0 Å². The number of furan rings is 2. The maximum absolute atomic E-state index is 10.4. The van der Waals surface area contributed by atoms with Crippen LogP contribution in [0, 0.1) is 0 Å². The summed E-state index contributed by atoms with van der Waals surface area (Å²) in [5.41, 5.74) is -16.8. The first kappa shape index (κ1) is 11.5. The minimum Gasteiger partial charge on any atom is -0.455 e. The fraction of sp³-hybridized carbons (Fsp3) is 0.0612. The highest BCUT2D eigenvalue weighted by Crippen LogP contribution is 2.52. The number of fused-ring (bicyclic) bond motifs is 11. The predicted molar refractivity (Wildman–Crippen MR) is 216 cm³/mol. The number of nitrogens with zero attached hydrogens (tertiary/aromatic N) is 1. The number of para-hydroxylation sites is 2. The number of hydrogen-bond acceptors (Lipinski definition) is 3. The van der Waals surface area contributed by atoms with E-state index >= 15 is 0 Å². The topological polar surface area (TPSA) is 29.5 Å². The molecule has 0 fully saturated rings. The van der Waals surface area contributed by atoms with E-state index in [4.69, 9.17) is 37.6 Å². The second-order valence-corrected chi connectivity index (χ2v) is 11.5. The zero-order valence-electron chi connectivity index (χ0n) is 58.8. The molecule has 0 aliphatic heterocycles. The minimum absolute atomic E-state index is 0.364. The van der Waals surface area contributed by atoms with Gasteiger partial charge in [-0.25, -0.2) is 0 Å². The largest absolute Gasteiger partial charge is 0.455 e. The Morgan fingerprint density at radius 3 is 2.04 bits per heavy atom. The first-order chi connectivity index (χ1) is 39.3. The van der Waals surface area contributed by atoms with Gasteiger partial charge in [0.1, 0.15) is 16.7 Å². The van der Waals surface area contributed by atoms with Crippen molar-refractivity contribution in [1.82, 2.24) is 0 Å². The van der Waals surface area contributed by atoms with Crippen LogP contribution in [0.25, 0.3) is 76.9 Å². The molecule has 0 unspecified atom stereocenters. The molecule has 0 spiro atoms. The second-order valence-electron chi connectivity index (χ2n) is 11.5. The third-order valence-electron chi connectivity index (χ3n) is 8.68. The Balaban J connectivity index is 1.47. The van der Waals surface area contributed by atoms with E-state index in [1.807, 2.05) is 0 Å². The summed E-state index contributed by atoms with van der Waals surface area (Å²) < 4.78 is 313. The zero-order chi connectivity index (χ0) is 63.0. The SMILES string of the molecule is [2H]c1c([2H])c([2H])c(-c2c([2H])c([2H])c3c(oc4c5c([2H])c([2H])c([2H])c([2H])c5c(N(c5c([2H])c([2H])c6c(c5[2H])C(C([2H])([2H])[2H])(C([2H])([2H])[2H])c5c([2H])c([2H])c([2H])c([2H])c5-6)c5c([2H])c([2H])c([2H])c6c5oc5c([2H])c([2H])c([2H])c([2H])c56)c([2H])c43)c2[2H])c([2H])c1[2H]. The standard InChI is InChI=1S/C49H33NO2/c1-49(2)41-20-10-8-15-33(41)34-26-24-32(28-42(34)49)50(43-21-12-19-39-36-17-9-11-22-45(36)51-48(39)43)44-29-40-37-25-23-31(30-13-4-3-5-14-30)27-46(37)52-47(40)38-18-7-6-16-35(38)44/h3-29H,1-2H3/i1D3,2D3,3D,4D,5D,6D,7D,8D,9D,10D,11D,12D,13D,14D,15D,16D,17D,18D,19D,20D,21D,22D,23D,24D,25D,26D,27D,28D,29D. The average Bonchev–Trinajstić information content (AvgIpc) is 1.56. The van der Waals surface area contributed by atoms with Crippen molar-refractivity contribution in [3.05, 3.63) is 174 Å². The Morgan fingerprint density at radius 1 is 0.462 bits per heavy atom. The van der Waals surface area contributed by atoms with Gasteiger partial charge in [-0.15, -0.1) is 0 Å². The molecule has 0 amide bonds. The lowest BCUT2D eigenvalue weighted by Crippen LogP contribution is -2.16. The molecule has 3 heteroatoms. The number of anilines is 3. The molecule has 1 aliphatic rings. The van der Waals surface area contributed by atoms with E-state index in [1.165, 1.54) is 0 Å². The van der Waals surface area contributed by atoms with Crippen molar-refractivity contribution in [2.24, 2.45) is 0 Å². The van der Waals surface area contributed by atoms with E-state index in [9.17, 15) is 16.4 Å². The molecular formula is C49H33NO2. The number of rotatable bonds is 4. The van der Waals surface area contributed by atoms with Crippen LogP contribution in [0.1, 0.15) is 70.1 Å². The third-order valence-corrected chi connectivity index (χ3v) is 8.68. The molecule has 52 heavy (non-hydrogen) atoms. The Bertz CT molecular complexity index is 4800. The Morgan fingerprint density at radius 2 is 1.15 bits per heavy atom. The van der Waals surface area contributed by atoms with E-state index in [2.05, 4.69) is 0 Å². The molecule has 1 aliphatic carbocycles. The molecule has 10 aromatic rings. The Labute approximate surface area is 347 Å². The van der Waals surface area contributed by atoms with Crippen molar-refractivity contribution in [2.75, 3.05) is 4.90 Å². The van der Waals surface area contributed by atoms with Gasteiger partial charge >= 0.3 is 0 Å². The van der Waals surface area contributed by atoms with E-state index in [-0.39, 0.29) is 0 Å². The fourth-order valence-electron chi connectivity index (χ4n) is 6.40. The molecule has 2 heterocycles. The summed E-state index contributed by atoms with van der Waals surface area (Å²) in [6.45, 7) is -8.09. The summed E-state index contributed by atoms with van der Waals surface area (Å²) in [4.78, 5) is 0.364. The third kappa shape index (κ3) is 4.08. The van der Waals surface area contributed by atoms with Crippen molar-refractivity contribution < 1.29 is 54.1 Å². The van der Waals surface area contributed by atoms with Gasteiger partial charge in [0.25, 0.3) is 0 Å². The highest BCUT2D eigenvalue weighted by atomic mass is 16.3. The van der Waals surface area contributed by atoms with Crippen LogP contribution in [0.4, 0.5) is 17.1 Å². The maximum atomic E-state index is 10.4. The van der Waals surface area contributed by atoms with Crippen LogP contribution < -0.4 is 4.90 Å². The summed E-state index contributed by atoms with van der Waals surface area (Å²) in [6, 6.07) is -29.2. The van der Waals surface area contributed by atoms with Crippen LogP contribution in [0.3, 0.4) is 0 Å². The van der Waals surface area contributed by atoms with Gasteiger partial charge in [0, 0.05) is 51.6 Å². The molecule has 11 rings (SSSR count). The Kier molecular flexibility index (Phi) is 2.36. The molecule has 0 bridgehead atoms. The van der Waals surface area contributed by atoms with Gasteiger partial charge in [0.15, 0.2) is 5.58 Å². The smallest absolute Gasteiger partial charge is 0.159 e. The van der Waals surface area contributed by atoms with Crippen molar-refractivity contribution in [3.8, 4) is 22.3 Å². The van der Waals surface area contributed by atoms with E-state index < -0.39 is 287 Å². The van der Waals surface area contributed by atoms with Gasteiger partial charge in [-0.05, 0) is 75.7 Å².